The Balaban J connectivity index is 1.55. The van der Waals surface area contributed by atoms with Gasteiger partial charge in [0.2, 0.25) is 0 Å². The van der Waals surface area contributed by atoms with Crippen molar-refractivity contribution in [3.63, 3.8) is 0 Å². The summed E-state index contributed by atoms with van der Waals surface area (Å²) in [4.78, 5) is 35.5. The number of carbonyl (C=O) groups excluding carboxylic acids is 2. The third-order valence-electron chi connectivity index (χ3n) is 4.09. The standard InChI is InChI=1S/C21H18ClNO6/c1-12-3-6-15(22)9-17(12)23-21(26)13(2)28-20(25)11-27-16-7-4-14-5-8-19(24)29-18(14)10-16/h3-10,13H,11H2,1-2H3,(H,23,26). The predicted molar refractivity (Wildman–Crippen MR) is 108 cm³/mol. The van der Waals surface area contributed by atoms with Crippen molar-refractivity contribution >= 4 is 40.1 Å². The molecular formula is C21H18ClNO6. The van der Waals surface area contributed by atoms with E-state index in [4.69, 9.17) is 25.5 Å². The van der Waals surface area contributed by atoms with Gasteiger partial charge in [-0.05, 0) is 49.7 Å². The Morgan fingerprint density at radius 3 is 2.69 bits per heavy atom. The van der Waals surface area contributed by atoms with Gasteiger partial charge in [0.25, 0.3) is 5.91 Å². The van der Waals surface area contributed by atoms with Crippen LogP contribution in [-0.2, 0) is 14.3 Å². The first-order valence-electron chi connectivity index (χ1n) is 8.75. The molecule has 3 aromatic rings. The molecule has 0 aliphatic heterocycles. The molecule has 3 rings (SSSR count). The highest BCUT2D eigenvalue weighted by atomic mass is 35.5. The molecule has 0 spiro atoms. The zero-order valence-corrected chi connectivity index (χ0v) is 16.5. The normalized spacial score (nSPS) is 11.7. The molecule has 8 heteroatoms. The number of anilines is 1. The highest BCUT2D eigenvalue weighted by Gasteiger charge is 2.19. The van der Waals surface area contributed by atoms with Crippen LogP contribution in [0, 0.1) is 6.92 Å². The van der Waals surface area contributed by atoms with E-state index in [-0.39, 0.29) is 0 Å². The first kappa shape index (κ1) is 20.4. The van der Waals surface area contributed by atoms with Crippen LogP contribution in [0.1, 0.15) is 12.5 Å². The Morgan fingerprint density at radius 1 is 1.14 bits per heavy atom. The molecule has 1 unspecified atom stereocenters. The van der Waals surface area contributed by atoms with Gasteiger partial charge in [-0.1, -0.05) is 17.7 Å². The third kappa shape index (κ3) is 5.36. The highest BCUT2D eigenvalue weighted by molar-refractivity contribution is 6.31. The van der Waals surface area contributed by atoms with E-state index >= 15 is 0 Å². The average molecular weight is 416 g/mol. The number of halogens is 1. The number of aryl methyl sites for hydroxylation is 1. The number of benzene rings is 2. The van der Waals surface area contributed by atoms with Crippen molar-refractivity contribution in [1.82, 2.24) is 0 Å². The summed E-state index contributed by atoms with van der Waals surface area (Å²) < 4.78 is 15.5. The Hall–Kier alpha value is -3.32. The quantitative estimate of drug-likeness (QED) is 0.487. The molecule has 29 heavy (non-hydrogen) atoms. The Bertz CT molecular complexity index is 1120. The van der Waals surface area contributed by atoms with E-state index in [1.807, 2.05) is 6.92 Å². The summed E-state index contributed by atoms with van der Waals surface area (Å²) in [5.74, 6) is -0.878. The summed E-state index contributed by atoms with van der Waals surface area (Å²) in [6.45, 7) is 2.87. The van der Waals surface area contributed by atoms with Gasteiger partial charge in [0.15, 0.2) is 12.7 Å². The van der Waals surface area contributed by atoms with Crippen LogP contribution in [0.15, 0.2) is 57.7 Å². The molecule has 150 valence electrons. The average Bonchev–Trinajstić information content (AvgIpc) is 2.68. The van der Waals surface area contributed by atoms with Crippen LogP contribution in [0.25, 0.3) is 11.0 Å². The lowest BCUT2D eigenvalue weighted by Gasteiger charge is -2.15. The number of amides is 1. The predicted octanol–water partition coefficient (Wildman–Crippen LogP) is 3.70. The maximum absolute atomic E-state index is 12.2. The molecule has 2 aromatic carbocycles. The lowest BCUT2D eigenvalue weighted by atomic mass is 10.2. The minimum atomic E-state index is -1.03. The number of carbonyl (C=O) groups is 2. The van der Waals surface area contributed by atoms with Gasteiger partial charge in [0.05, 0.1) is 0 Å². The first-order chi connectivity index (χ1) is 13.8. The molecular weight excluding hydrogens is 398 g/mol. The van der Waals surface area contributed by atoms with Gasteiger partial charge in [-0.15, -0.1) is 0 Å². The fourth-order valence-corrected chi connectivity index (χ4v) is 2.69. The zero-order valence-electron chi connectivity index (χ0n) is 15.7. The minimum absolute atomic E-state index is 0.329. The lowest BCUT2D eigenvalue weighted by molar-refractivity contribution is -0.155. The number of esters is 1. The number of ether oxygens (including phenoxy) is 2. The molecule has 0 saturated carbocycles. The van der Waals surface area contributed by atoms with Crippen molar-refractivity contribution in [1.29, 1.82) is 0 Å². The summed E-state index contributed by atoms with van der Waals surface area (Å²) >= 11 is 5.93. The summed E-state index contributed by atoms with van der Waals surface area (Å²) in [5, 5.41) is 3.88. The van der Waals surface area contributed by atoms with Crippen molar-refractivity contribution in [2.45, 2.75) is 20.0 Å². The highest BCUT2D eigenvalue weighted by Crippen LogP contribution is 2.21. The Labute approximate surface area is 171 Å². The molecule has 1 atom stereocenters. The lowest BCUT2D eigenvalue weighted by Crippen LogP contribution is -2.31. The van der Waals surface area contributed by atoms with Crippen molar-refractivity contribution < 1.29 is 23.5 Å². The monoisotopic (exact) mass is 415 g/mol. The molecule has 0 aliphatic rings. The van der Waals surface area contributed by atoms with Crippen molar-refractivity contribution in [3.05, 3.63) is 69.5 Å². The largest absolute Gasteiger partial charge is 0.482 e. The molecule has 0 aliphatic carbocycles. The van der Waals surface area contributed by atoms with Gasteiger partial charge in [-0.2, -0.15) is 0 Å². The van der Waals surface area contributed by atoms with Crippen LogP contribution in [0.3, 0.4) is 0 Å². The van der Waals surface area contributed by atoms with E-state index < -0.39 is 30.2 Å². The van der Waals surface area contributed by atoms with E-state index in [1.54, 1.807) is 36.4 Å². The van der Waals surface area contributed by atoms with E-state index in [2.05, 4.69) is 5.32 Å². The van der Waals surface area contributed by atoms with Crippen molar-refractivity contribution in [2.24, 2.45) is 0 Å². The van der Waals surface area contributed by atoms with Gasteiger partial charge in [0.1, 0.15) is 11.3 Å². The summed E-state index contributed by atoms with van der Waals surface area (Å²) in [6.07, 6.45) is -1.03. The fourth-order valence-electron chi connectivity index (χ4n) is 2.52. The number of fused-ring (bicyclic) bond motifs is 1. The van der Waals surface area contributed by atoms with Gasteiger partial charge < -0.3 is 19.2 Å². The van der Waals surface area contributed by atoms with Crippen LogP contribution in [0.4, 0.5) is 5.69 Å². The van der Waals surface area contributed by atoms with Crippen LogP contribution in [0.2, 0.25) is 5.02 Å². The van der Waals surface area contributed by atoms with Crippen molar-refractivity contribution in [2.75, 3.05) is 11.9 Å². The molecule has 1 amide bonds. The summed E-state index contributed by atoms with van der Waals surface area (Å²) in [6, 6.07) is 12.9. The fraction of sp³-hybridized carbons (Fsp3) is 0.190. The molecule has 1 N–H and O–H groups in total. The van der Waals surface area contributed by atoms with Gasteiger partial charge in [-0.3, -0.25) is 4.79 Å². The van der Waals surface area contributed by atoms with Gasteiger partial charge >= 0.3 is 11.6 Å². The smallest absolute Gasteiger partial charge is 0.344 e. The Morgan fingerprint density at radius 2 is 1.90 bits per heavy atom. The van der Waals surface area contributed by atoms with Crippen LogP contribution in [0.5, 0.6) is 5.75 Å². The maximum Gasteiger partial charge on any atom is 0.344 e. The van der Waals surface area contributed by atoms with E-state index in [1.165, 1.54) is 19.1 Å². The Kier molecular flexibility index (Phi) is 6.19. The number of hydrogen-bond acceptors (Lipinski definition) is 6. The van der Waals surface area contributed by atoms with E-state index in [0.29, 0.717) is 22.0 Å². The van der Waals surface area contributed by atoms with Gasteiger partial charge in [0, 0.05) is 28.2 Å². The molecule has 1 heterocycles. The second-order valence-electron chi connectivity index (χ2n) is 6.32. The number of rotatable bonds is 6. The SMILES string of the molecule is Cc1ccc(Cl)cc1NC(=O)C(C)OC(=O)COc1ccc2ccc(=O)oc2c1. The van der Waals surface area contributed by atoms with Gasteiger partial charge in [-0.25, -0.2) is 9.59 Å². The molecule has 0 saturated heterocycles. The van der Waals surface area contributed by atoms with E-state index in [0.717, 1.165) is 10.9 Å². The van der Waals surface area contributed by atoms with Crippen LogP contribution < -0.4 is 15.7 Å². The summed E-state index contributed by atoms with van der Waals surface area (Å²) in [7, 11) is 0. The molecule has 0 radical (unpaired) electrons. The molecule has 1 aromatic heterocycles. The second-order valence-corrected chi connectivity index (χ2v) is 6.76. The minimum Gasteiger partial charge on any atom is -0.482 e. The first-order valence-corrected chi connectivity index (χ1v) is 9.13. The van der Waals surface area contributed by atoms with Crippen LogP contribution in [-0.4, -0.2) is 24.6 Å². The number of hydrogen-bond donors (Lipinski definition) is 1. The molecule has 7 nitrogen and oxygen atoms in total. The molecule has 0 bridgehead atoms. The summed E-state index contributed by atoms with van der Waals surface area (Å²) in [5.41, 5.74) is 1.23. The molecule has 0 fully saturated rings. The second kappa shape index (κ2) is 8.79. The third-order valence-corrected chi connectivity index (χ3v) is 4.32. The van der Waals surface area contributed by atoms with Crippen LogP contribution >= 0.6 is 11.6 Å². The maximum atomic E-state index is 12.2. The van der Waals surface area contributed by atoms with E-state index in [9.17, 15) is 14.4 Å². The number of nitrogens with one attached hydrogen (secondary N) is 1. The zero-order chi connectivity index (χ0) is 21.0. The van der Waals surface area contributed by atoms with Crippen molar-refractivity contribution in [3.8, 4) is 5.75 Å². The topological polar surface area (TPSA) is 94.8 Å².